The SMILES string of the molecule is COc1ccc2[nH]c3c(=O)n(/N=C\c4ccccc4)cnc3c2c1. The Labute approximate surface area is 137 Å². The fourth-order valence-corrected chi connectivity index (χ4v) is 2.60. The van der Waals surface area contributed by atoms with Crippen molar-refractivity contribution in [1.29, 1.82) is 0 Å². The van der Waals surface area contributed by atoms with Crippen molar-refractivity contribution < 1.29 is 4.74 Å². The number of methoxy groups -OCH3 is 1. The van der Waals surface area contributed by atoms with E-state index in [4.69, 9.17) is 4.74 Å². The van der Waals surface area contributed by atoms with Crippen LogP contribution in [0.15, 0.2) is 64.8 Å². The second kappa shape index (κ2) is 5.66. The lowest BCUT2D eigenvalue weighted by Gasteiger charge is -1.99. The number of H-pyrrole nitrogens is 1. The van der Waals surface area contributed by atoms with Crippen molar-refractivity contribution in [3.63, 3.8) is 0 Å². The number of nitrogens with one attached hydrogen (secondary N) is 1. The van der Waals surface area contributed by atoms with Crippen molar-refractivity contribution in [3.8, 4) is 5.75 Å². The summed E-state index contributed by atoms with van der Waals surface area (Å²) in [5, 5.41) is 5.05. The van der Waals surface area contributed by atoms with E-state index in [1.165, 1.54) is 11.0 Å². The predicted molar refractivity (Wildman–Crippen MR) is 93.8 cm³/mol. The van der Waals surface area contributed by atoms with Crippen LogP contribution in [0.5, 0.6) is 5.75 Å². The van der Waals surface area contributed by atoms with Gasteiger partial charge in [0.2, 0.25) is 0 Å². The third-order valence-electron chi connectivity index (χ3n) is 3.83. The van der Waals surface area contributed by atoms with Gasteiger partial charge in [-0.25, -0.2) is 4.98 Å². The van der Waals surface area contributed by atoms with Gasteiger partial charge in [-0.15, -0.1) is 0 Å². The summed E-state index contributed by atoms with van der Waals surface area (Å²) in [7, 11) is 1.61. The first-order chi connectivity index (χ1) is 11.8. The summed E-state index contributed by atoms with van der Waals surface area (Å²) in [6, 6.07) is 15.1. The van der Waals surface area contributed by atoms with Gasteiger partial charge in [-0.2, -0.15) is 9.78 Å². The fraction of sp³-hybridized carbons (Fsp3) is 0.0556. The summed E-state index contributed by atoms with van der Waals surface area (Å²) < 4.78 is 6.46. The van der Waals surface area contributed by atoms with E-state index in [2.05, 4.69) is 15.1 Å². The second-order valence-electron chi connectivity index (χ2n) is 5.31. The maximum absolute atomic E-state index is 12.6. The van der Waals surface area contributed by atoms with E-state index in [-0.39, 0.29) is 5.56 Å². The number of aromatic amines is 1. The number of aromatic nitrogens is 3. The molecule has 6 heteroatoms. The van der Waals surface area contributed by atoms with Crippen LogP contribution in [-0.2, 0) is 0 Å². The second-order valence-corrected chi connectivity index (χ2v) is 5.31. The first kappa shape index (κ1) is 14.2. The Hall–Kier alpha value is -3.41. The first-order valence-electron chi connectivity index (χ1n) is 7.43. The lowest BCUT2D eigenvalue weighted by molar-refractivity contribution is 0.415. The van der Waals surface area contributed by atoms with E-state index in [0.717, 1.165) is 22.2 Å². The molecule has 4 aromatic rings. The molecule has 0 aliphatic heterocycles. The average molecular weight is 318 g/mol. The molecular formula is C18H14N4O2. The van der Waals surface area contributed by atoms with Crippen LogP contribution in [0.25, 0.3) is 21.9 Å². The zero-order chi connectivity index (χ0) is 16.5. The highest BCUT2D eigenvalue weighted by molar-refractivity contribution is 6.04. The molecule has 24 heavy (non-hydrogen) atoms. The minimum Gasteiger partial charge on any atom is -0.497 e. The van der Waals surface area contributed by atoms with Crippen LogP contribution >= 0.6 is 0 Å². The lowest BCUT2D eigenvalue weighted by atomic mass is 10.2. The van der Waals surface area contributed by atoms with Crippen molar-refractivity contribution in [2.24, 2.45) is 5.10 Å². The molecule has 0 atom stereocenters. The highest BCUT2D eigenvalue weighted by atomic mass is 16.5. The maximum atomic E-state index is 12.6. The standard InChI is InChI=1S/C18H14N4O2/c1-24-13-7-8-15-14(9-13)16-17(21-15)18(23)22(11-19-16)20-10-12-5-3-2-4-6-12/h2-11,21H,1H3/b20-10-. The summed E-state index contributed by atoms with van der Waals surface area (Å²) in [6.45, 7) is 0. The summed E-state index contributed by atoms with van der Waals surface area (Å²) in [4.78, 5) is 20.1. The van der Waals surface area contributed by atoms with Crippen molar-refractivity contribution in [3.05, 3.63) is 70.8 Å². The molecule has 0 saturated heterocycles. The molecule has 2 heterocycles. The molecule has 2 aromatic carbocycles. The number of hydrogen-bond acceptors (Lipinski definition) is 4. The summed E-state index contributed by atoms with van der Waals surface area (Å²) in [5.74, 6) is 0.719. The Kier molecular flexibility index (Phi) is 3.35. The van der Waals surface area contributed by atoms with Crippen LogP contribution < -0.4 is 10.3 Å². The van der Waals surface area contributed by atoms with E-state index >= 15 is 0 Å². The molecule has 0 aliphatic rings. The van der Waals surface area contributed by atoms with Gasteiger partial charge in [-0.3, -0.25) is 4.79 Å². The topological polar surface area (TPSA) is 72.3 Å². The van der Waals surface area contributed by atoms with E-state index in [9.17, 15) is 4.79 Å². The summed E-state index contributed by atoms with van der Waals surface area (Å²) in [5.41, 5.74) is 2.53. The van der Waals surface area contributed by atoms with Crippen molar-refractivity contribution in [2.75, 3.05) is 7.11 Å². The Balaban J connectivity index is 1.85. The normalized spacial score (nSPS) is 11.5. The van der Waals surface area contributed by atoms with Crippen LogP contribution in [0.3, 0.4) is 0 Å². The highest BCUT2D eigenvalue weighted by Crippen LogP contribution is 2.25. The van der Waals surface area contributed by atoms with Gasteiger partial charge in [0.15, 0.2) is 0 Å². The summed E-state index contributed by atoms with van der Waals surface area (Å²) >= 11 is 0. The first-order valence-corrected chi connectivity index (χ1v) is 7.43. The number of hydrogen-bond donors (Lipinski definition) is 1. The average Bonchev–Trinajstić information content (AvgIpc) is 3.00. The molecule has 0 radical (unpaired) electrons. The number of fused-ring (bicyclic) bond motifs is 3. The molecule has 4 rings (SSSR count). The number of rotatable bonds is 3. The highest BCUT2D eigenvalue weighted by Gasteiger charge is 2.11. The van der Waals surface area contributed by atoms with Gasteiger partial charge in [-0.1, -0.05) is 30.3 Å². The van der Waals surface area contributed by atoms with Gasteiger partial charge >= 0.3 is 0 Å². The quantitative estimate of drug-likeness (QED) is 0.590. The van der Waals surface area contributed by atoms with Gasteiger partial charge < -0.3 is 9.72 Å². The Morgan fingerprint density at radius 3 is 2.83 bits per heavy atom. The molecule has 2 aromatic heterocycles. The van der Waals surface area contributed by atoms with Gasteiger partial charge in [0.25, 0.3) is 5.56 Å². The Morgan fingerprint density at radius 2 is 2.04 bits per heavy atom. The molecule has 0 aliphatic carbocycles. The number of ether oxygens (including phenoxy) is 1. The van der Waals surface area contributed by atoms with Crippen LogP contribution in [-0.4, -0.2) is 28.0 Å². The minimum absolute atomic E-state index is 0.248. The monoisotopic (exact) mass is 318 g/mol. The molecule has 1 N–H and O–H groups in total. The van der Waals surface area contributed by atoms with Crippen LogP contribution in [0.4, 0.5) is 0 Å². The number of benzene rings is 2. The van der Waals surface area contributed by atoms with Gasteiger partial charge in [-0.05, 0) is 23.8 Å². The molecule has 0 bridgehead atoms. The molecule has 0 fully saturated rings. The molecular weight excluding hydrogens is 304 g/mol. The predicted octanol–water partition coefficient (Wildman–Crippen LogP) is 2.77. The molecule has 0 spiro atoms. The minimum atomic E-state index is -0.248. The van der Waals surface area contributed by atoms with E-state index < -0.39 is 0 Å². The van der Waals surface area contributed by atoms with Gasteiger partial charge in [0, 0.05) is 10.9 Å². The molecule has 0 saturated carbocycles. The maximum Gasteiger partial charge on any atom is 0.298 e. The Morgan fingerprint density at radius 1 is 1.21 bits per heavy atom. The smallest absolute Gasteiger partial charge is 0.298 e. The third kappa shape index (κ3) is 2.34. The van der Waals surface area contributed by atoms with Crippen LogP contribution in [0, 0.1) is 0 Å². The van der Waals surface area contributed by atoms with E-state index in [0.29, 0.717) is 11.0 Å². The summed E-state index contributed by atoms with van der Waals surface area (Å²) in [6.07, 6.45) is 3.05. The third-order valence-corrected chi connectivity index (χ3v) is 3.83. The largest absolute Gasteiger partial charge is 0.497 e. The Bertz CT molecular complexity index is 1110. The molecule has 6 nitrogen and oxygen atoms in total. The molecule has 0 amide bonds. The van der Waals surface area contributed by atoms with Crippen molar-refractivity contribution in [1.82, 2.24) is 14.6 Å². The number of nitrogens with zero attached hydrogens (tertiary/aromatic N) is 3. The fourth-order valence-electron chi connectivity index (χ4n) is 2.60. The molecule has 118 valence electrons. The van der Waals surface area contributed by atoms with E-state index in [1.54, 1.807) is 13.3 Å². The van der Waals surface area contributed by atoms with Gasteiger partial charge in [0.1, 0.15) is 23.1 Å². The lowest BCUT2D eigenvalue weighted by Crippen LogP contribution is -2.17. The zero-order valence-electron chi connectivity index (χ0n) is 12.9. The van der Waals surface area contributed by atoms with Gasteiger partial charge in [0.05, 0.1) is 13.3 Å². The van der Waals surface area contributed by atoms with Crippen LogP contribution in [0.1, 0.15) is 5.56 Å². The zero-order valence-corrected chi connectivity index (χ0v) is 12.9. The molecule has 0 unspecified atom stereocenters. The van der Waals surface area contributed by atoms with Crippen LogP contribution in [0.2, 0.25) is 0 Å². The van der Waals surface area contributed by atoms with E-state index in [1.807, 2.05) is 48.5 Å². The van der Waals surface area contributed by atoms with Crippen molar-refractivity contribution >= 4 is 28.2 Å². The van der Waals surface area contributed by atoms with Crippen molar-refractivity contribution in [2.45, 2.75) is 0 Å².